The van der Waals surface area contributed by atoms with Crippen LogP contribution in [0, 0.1) is 11.3 Å². The molecule has 43 heavy (non-hydrogen) atoms. The number of halogens is 2. The number of amides is 1. The molecule has 1 aromatic carbocycles. The molecular formula is C32H41F2N7O2. The number of rotatable bonds is 5. The molecule has 9 nitrogen and oxygen atoms in total. The number of nitriles is 1. The van der Waals surface area contributed by atoms with E-state index in [1.165, 1.54) is 45.2 Å². The monoisotopic (exact) mass is 593 g/mol. The van der Waals surface area contributed by atoms with Crippen LogP contribution in [0.2, 0.25) is 0 Å². The highest BCUT2D eigenvalue weighted by Crippen LogP contribution is 2.44. The molecule has 4 heterocycles. The molecule has 6 rings (SSSR count). The zero-order chi connectivity index (χ0) is 30.6. The molecule has 2 fully saturated rings. The molecule has 1 unspecified atom stereocenters. The molecule has 2 atom stereocenters. The van der Waals surface area contributed by atoms with Gasteiger partial charge in [0.25, 0.3) is 5.92 Å². The molecule has 11 heteroatoms. The number of carbonyl (C=O) groups is 1. The van der Waals surface area contributed by atoms with E-state index in [4.69, 9.17) is 4.74 Å². The Morgan fingerprint density at radius 2 is 1.95 bits per heavy atom. The largest absolute Gasteiger partial charge is 0.467 e. The number of likely N-dealkylation sites (tertiary alicyclic amines) is 1. The molecule has 0 saturated carbocycles. The Kier molecular flexibility index (Phi) is 9.45. The van der Waals surface area contributed by atoms with Crippen molar-refractivity contribution >= 4 is 17.4 Å². The highest BCUT2D eigenvalue weighted by atomic mass is 19.3. The Balaban J connectivity index is 0.000000548. The van der Waals surface area contributed by atoms with Crippen LogP contribution >= 0.6 is 0 Å². The second kappa shape index (κ2) is 13.2. The van der Waals surface area contributed by atoms with E-state index in [1.807, 2.05) is 6.07 Å². The van der Waals surface area contributed by atoms with Crippen LogP contribution in [-0.2, 0) is 23.6 Å². The first-order valence-corrected chi connectivity index (χ1v) is 15.2. The molecule has 1 amide bonds. The van der Waals surface area contributed by atoms with Crippen molar-refractivity contribution < 1.29 is 18.3 Å². The summed E-state index contributed by atoms with van der Waals surface area (Å²) in [6.45, 7) is 8.00. The molecule has 0 radical (unpaired) electrons. The number of piperazine rings is 1. The number of alkyl halides is 2. The molecular weight excluding hydrogens is 552 g/mol. The summed E-state index contributed by atoms with van der Waals surface area (Å²) in [6, 6.07) is 8.98. The van der Waals surface area contributed by atoms with Gasteiger partial charge in [0.2, 0.25) is 5.91 Å². The number of aromatic nitrogens is 2. The first kappa shape index (κ1) is 30.7. The van der Waals surface area contributed by atoms with Gasteiger partial charge < -0.3 is 24.3 Å². The summed E-state index contributed by atoms with van der Waals surface area (Å²) in [7, 11) is 3.70. The van der Waals surface area contributed by atoms with Crippen molar-refractivity contribution in [2.45, 2.75) is 63.0 Å². The van der Waals surface area contributed by atoms with Gasteiger partial charge in [-0.3, -0.25) is 4.79 Å². The highest BCUT2D eigenvalue weighted by molar-refractivity contribution is 5.87. The number of para-hydroxylation sites is 1. The normalized spacial score (nSPS) is 22.9. The van der Waals surface area contributed by atoms with Crippen LogP contribution in [0.3, 0.4) is 0 Å². The lowest BCUT2D eigenvalue weighted by atomic mass is 9.88. The van der Waals surface area contributed by atoms with Crippen molar-refractivity contribution in [1.29, 1.82) is 5.26 Å². The number of carbonyl (C=O) groups excluding carboxylic acids is 1. The zero-order valence-corrected chi connectivity index (χ0v) is 25.1. The third kappa shape index (κ3) is 6.59. The van der Waals surface area contributed by atoms with Crippen molar-refractivity contribution in [3.8, 4) is 12.1 Å². The predicted octanol–water partition coefficient (Wildman–Crippen LogP) is 4.17. The first-order chi connectivity index (χ1) is 20.7. The van der Waals surface area contributed by atoms with Crippen LogP contribution in [0.5, 0.6) is 6.01 Å². The third-order valence-electron chi connectivity index (χ3n) is 9.00. The van der Waals surface area contributed by atoms with Gasteiger partial charge in [-0.05, 0) is 58.0 Å². The van der Waals surface area contributed by atoms with Gasteiger partial charge in [0.15, 0.2) is 0 Å². The summed E-state index contributed by atoms with van der Waals surface area (Å²) < 4.78 is 34.6. The molecule has 0 spiro atoms. The minimum atomic E-state index is -2.83. The molecule has 1 aromatic heterocycles. The topological polar surface area (TPSA) is 88.8 Å². The number of hydrogen-bond acceptors (Lipinski definition) is 8. The van der Waals surface area contributed by atoms with Gasteiger partial charge in [0.05, 0.1) is 31.3 Å². The molecule has 2 aromatic rings. The Bertz CT molecular complexity index is 1360. The number of anilines is 2. The van der Waals surface area contributed by atoms with Crippen molar-refractivity contribution in [2.24, 2.45) is 0 Å². The molecule has 230 valence electrons. The number of ether oxygens (including phenoxy) is 1. The second-order valence-corrected chi connectivity index (χ2v) is 11.7. The standard InChI is InChI=1S/C27H30F2N6O2.C5H11N/c1-3-24(36)35-15-14-33(17-19(35)10-12-30)25-20-9-8-18(16-22(20)31-26(32-25)37-2)34-13-11-27(28,29)21-6-4-5-7-23(21)34;1-6-4-2-3-5-6/h3-7,18-19H,1,8-11,13-17H2,2H3;2-5H2,1H3/t18?,19-;/m0./s1. The van der Waals surface area contributed by atoms with E-state index in [9.17, 15) is 18.8 Å². The average Bonchev–Trinajstić information content (AvgIpc) is 3.51. The van der Waals surface area contributed by atoms with E-state index < -0.39 is 5.92 Å². The van der Waals surface area contributed by atoms with E-state index in [-0.39, 0.29) is 49.0 Å². The summed E-state index contributed by atoms with van der Waals surface area (Å²) >= 11 is 0. The van der Waals surface area contributed by atoms with Gasteiger partial charge in [-0.2, -0.15) is 15.2 Å². The molecule has 3 aliphatic heterocycles. The second-order valence-electron chi connectivity index (χ2n) is 11.7. The van der Waals surface area contributed by atoms with Gasteiger partial charge in [0.1, 0.15) is 5.82 Å². The van der Waals surface area contributed by atoms with Gasteiger partial charge >= 0.3 is 6.01 Å². The first-order valence-electron chi connectivity index (χ1n) is 15.2. The van der Waals surface area contributed by atoms with E-state index in [2.05, 4.69) is 44.4 Å². The molecule has 1 aliphatic carbocycles. The van der Waals surface area contributed by atoms with E-state index in [1.54, 1.807) is 17.0 Å². The summed E-state index contributed by atoms with van der Waals surface area (Å²) in [5, 5.41) is 9.35. The minimum Gasteiger partial charge on any atom is -0.467 e. The summed E-state index contributed by atoms with van der Waals surface area (Å²) in [4.78, 5) is 29.9. The van der Waals surface area contributed by atoms with Crippen molar-refractivity contribution in [3.63, 3.8) is 0 Å². The third-order valence-corrected chi connectivity index (χ3v) is 9.00. The van der Waals surface area contributed by atoms with Crippen molar-refractivity contribution in [1.82, 2.24) is 19.8 Å². The summed E-state index contributed by atoms with van der Waals surface area (Å²) in [5.74, 6) is -2.25. The fraction of sp³-hybridized carbons (Fsp3) is 0.562. The van der Waals surface area contributed by atoms with Gasteiger partial charge in [-0.15, -0.1) is 0 Å². The SMILES string of the molecule is C=CC(=O)N1CCN(c2nc(OC)nc3c2CCC(N2CCC(F)(F)c4ccccc42)C3)C[C@@H]1CC#N.CN1CCCC1. The molecule has 2 saturated heterocycles. The van der Waals surface area contributed by atoms with Gasteiger partial charge in [-0.1, -0.05) is 24.8 Å². The quantitative estimate of drug-likeness (QED) is 0.478. The lowest BCUT2D eigenvalue weighted by Gasteiger charge is -2.43. The maximum Gasteiger partial charge on any atom is 0.318 e. The van der Waals surface area contributed by atoms with Crippen molar-refractivity contribution in [2.75, 3.05) is 63.2 Å². The Labute approximate surface area is 252 Å². The Morgan fingerprint density at radius 1 is 1.19 bits per heavy atom. The van der Waals surface area contributed by atoms with E-state index >= 15 is 0 Å². The number of methoxy groups -OCH3 is 1. The zero-order valence-electron chi connectivity index (χ0n) is 25.1. The van der Waals surface area contributed by atoms with Gasteiger partial charge in [0, 0.05) is 61.9 Å². The summed E-state index contributed by atoms with van der Waals surface area (Å²) in [5.41, 5.74) is 2.56. The number of hydrogen-bond donors (Lipinski definition) is 0. The molecule has 0 bridgehead atoms. The fourth-order valence-corrected chi connectivity index (χ4v) is 6.71. The van der Waals surface area contributed by atoms with E-state index in [0.29, 0.717) is 38.2 Å². The number of nitrogens with zero attached hydrogens (tertiary/aromatic N) is 7. The van der Waals surface area contributed by atoms with Crippen LogP contribution in [0.25, 0.3) is 0 Å². The maximum absolute atomic E-state index is 14.6. The minimum absolute atomic E-state index is 0.0330. The van der Waals surface area contributed by atoms with Gasteiger partial charge in [-0.25, -0.2) is 8.78 Å². The maximum atomic E-state index is 14.6. The van der Waals surface area contributed by atoms with Crippen molar-refractivity contribution in [3.05, 3.63) is 53.7 Å². The van der Waals surface area contributed by atoms with Crippen LogP contribution in [0.15, 0.2) is 36.9 Å². The predicted molar refractivity (Wildman–Crippen MR) is 162 cm³/mol. The van der Waals surface area contributed by atoms with Crippen LogP contribution in [0.1, 0.15) is 48.9 Å². The summed E-state index contributed by atoms with van der Waals surface area (Å²) in [6.07, 6.45) is 6.19. The van der Waals surface area contributed by atoms with Crippen LogP contribution in [-0.4, -0.2) is 91.2 Å². The highest BCUT2D eigenvalue weighted by Gasteiger charge is 2.42. The fourth-order valence-electron chi connectivity index (χ4n) is 6.71. The molecule has 0 N–H and O–H groups in total. The Hall–Kier alpha value is -3.78. The number of fused-ring (bicyclic) bond motifs is 2. The Morgan fingerprint density at radius 3 is 2.63 bits per heavy atom. The number of benzene rings is 1. The van der Waals surface area contributed by atoms with E-state index in [0.717, 1.165) is 23.5 Å². The van der Waals surface area contributed by atoms with Crippen LogP contribution < -0.4 is 14.5 Å². The lowest BCUT2D eigenvalue weighted by Crippen LogP contribution is -2.55. The lowest BCUT2D eigenvalue weighted by molar-refractivity contribution is -0.128. The van der Waals surface area contributed by atoms with Crippen LogP contribution in [0.4, 0.5) is 20.3 Å². The smallest absolute Gasteiger partial charge is 0.318 e. The average molecular weight is 594 g/mol. The molecule has 4 aliphatic rings.